The smallest absolute Gasteiger partial charge is 0.229 e. The number of nitrogens with one attached hydrogen (secondary N) is 2. The molecule has 0 fully saturated rings. The third-order valence-electron chi connectivity index (χ3n) is 2.05. The highest BCUT2D eigenvalue weighted by Crippen LogP contribution is 2.06. The molecule has 0 aliphatic rings. The summed E-state index contributed by atoms with van der Waals surface area (Å²) in [4.78, 5) is 8.28. The van der Waals surface area contributed by atoms with E-state index in [0.717, 1.165) is 11.4 Å². The molecule has 0 aliphatic heterocycles. The molecule has 1 heterocycles. The Morgan fingerprint density at radius 3 is 2.59 bits per heavy atom. The summed E-state index contributed by atoms with van der Waals surface area (Å²) in [5, 5.41) is 6.45. The van der Waals surface area contributed by atoms with Gasteiger partial charge in [-0.1, -0.05) is 18.2 Å². The van der Waals surface area contributed by atoms with Gasteiger partial charge < -0.3 is 10.6 Å². The van der Waals surface area contributed by atoms with Crippen molar-refractivity contribution in [3.8, 4) is 0 Å². The van der Waals surface area contributed by atoms with Gasteiger partial charge in [-0.15, -0.1) is 0 Å². The van der Waals surface area contributed by atoms with Crippen LogP contribution >= 0.6 is 12.2 Å². The third-order valence-corrected chi connectivity index (χ3v) is 2.26. The number of aryl methyl sites for hydroxylation is 1. The van der Waals surface area contributed by atoms with E-state index >= 15 is 0 Å². The number of hydrogen-bond donors (Lipinski definition) is 2. The van der Waals surface area contributed by atoms with E-state index in [2.05, 4.69) is 20.6 Å². The number of nitrogens with zero attached hydrogens (tertiary/aromatic N) is 2. The summed E-state index contributed by atoms with van der Waals surface area (Å²) >= 11 is 5.16. The van der Waals surface area contributed by atoms with Crippen molar-refractivity contribution in [3.63, 3.8) is 0 Å². The second-order valence-corrected chi connectivity index (χ2v) is 3.88. The van der Waals surface area contributed by atoms with Crippen molar-refractivity contribution in [2.45, 2.75) is 6.92 Å². The van der Waals surface area contributed by atoms with Gasteiger partial charge in [0.25, 0.3) is 0 Å². The Morgan fingerprint density at radius 1 is 1.12 bits per heavy atom. The monoisotopic (exact) mass is 244 g/mol. The second kappa shape index (κ2) is 5.36. The maximum Gasteiger partial charge on any atom is 0.229 e. The Kier molecular flexibility index (Phi) is 3.62. The normalized spacial score (nSPS) is 9.71. The summed E-state index contributed by atoms with van der Waals surface area (Å²) in [6, 6.07) is 11.5. The molecule has 0 amide bonds. The molecule has 2 aromatic rings. The van der Waals surface area contributed by atoms with Crippen LogP contribution in [0.4, 0.5) is 11.6 Å². The molecule has 4 nitrogen and oxygen atoms in total. The van der Waals surface area contributed by atoms with Crippen molar-refractivity contribution in [1.82, 2.24) is 9.97 Å². The molecular formula is C12H12N4S. The van der Waals surface area contributed by atoms with Crippen LogP contribution in [-0.2, 0) is 0 Å². The zero-order valence-electron chi connectivity index (χ0n) is 9.34. The van der Waals surface area contributed by atoms with Crippen molar-refractivity contribution in [3.05, 3.63) is 48.3 Å². The molecule has 0 radical (unpaired) electrons. The van der Waals surface area contributed by atoms with Crippen molar-refractivity contribution >= 4 is 29.0 Å². The number of thiocarbonyl (C=S) groups is 1. The first-order chi connectivity index (χ1) is 8.24. The Hall–Kier alpha value is -2.01. The number of benzene rings is 1. The zero-order chi connectivity index (χ0) is 12.1. The summed E-state index contributed by atoms with van der Waals surface area (Å²) in [5.74, 6) is 0.499. The highest BCUT2D eigenvalue weighted by molar-refractivity contribution is 7.80. The van der Waals surface area contributed by atoms with Crippen molar-refractivity contribution in [2.75, 3.05) is 10.6 Å². The molecule has 0 saturated heterocycles. The fourth-order valence-corrected chi connectivity index (χ4v) is 1.50. The molecule has 2 rings (SSSR count). The maximum absolute atomic E-state index is 5.16. The van der Waals surface area contributed by atoms with Gasteiger partial charge in [-0.2, -0.15) is 0 Å². The van der Waals surface area contributed by atoms with Gasteiger partial charge in [-0.25, -0.2) is 9.97 Å². The van der Waals surface area contributed by atoms with Gasteiger partial charge in [0, 0.05) is 17.6 Å². The highest BCUT2D eigenvalue weighted by atomic mass is 32.1. The molecule has 0 aliphatic carbocycles. The van der Waals surface area contributed by atoms with Crippen molar-refractivity contribution in [2.24, 2.45) is 0 Å². The molecular weight excluding hydrogens is 232 g/mol. The topological polar surface area (TPSA) is 49.8 Å². The van der Waals surface area contributed by atoms with E-state index in [4.69, 9.17) is 12.2 Å². The summed E-state index contributed by atoms with van der Waals surface area (Å²) in [7, 11) is 0. The van der Waals surface area contributed by atoms with Gasteiger partial charge in [-0.05, 0) is 37.3 Å². The first-order valence-corrected chi connectivity index (χ1v) is 5.57. The first-order valence-electron chi connectivity index (χ1n) is 5.17. The van der Waals surface area contributed by atoms with Crippen LogP contribution in [0.15, 0.2) is 42.6 Å². The summed E-state index contributed by atoms with van der Waals surface area (Å²) < 4.78 is 0. The van der Waals surface area contributed by atoms with Crippen LogP contribution in [0, 0.1) is 6.92 Å². The maximum atomic E-state index is 5.16. The number of rotatable bonds is 2. The van der Waals surface area contributed by atoms with Gasteiger partial charge in [0.05, 0.1) is 0 Å². The standard InChI is InChI=1S/C12H12N4S/c1-9-7-8-13-11(14-9)16-12(17)15-10-5-3-2-4-6-10/h2-8H,1H3,(H2,13,14,15,16,17). The van der Waals surface area contributed by atoms with Crippen LogP contribution in [-0.4, -0.2) is 15.1 Å². The first kappa shape index (κ1) is 11.5. The second-order valence-electron chi connectivity index (χ2n) is 3.47. The van der Waals surface area contributed by atoms with E-state index < -0.39 is 0 Å². The van der Waals surface area contributed by atoms with Gasteiger partial charge in [-0.3, -0.25) is 0 Å². The predicted octanol–water partition coefficient (Wildman–Crippen LogP) is 2.59. The fourth-order valence-electron chi connectivity index (χ4n) is 1.29. The SMILES string of the molecule is Cc1ccnc(NC(=S)Nc2ccccc2)n1. The molecule has 86 valence electrons. The highest BCUT2D eigenvalue weighted by Gasteiger charge is 2.00. The quantitative estimate of drug-likeness (QED) is 0.795. The third kappa shape index (κ3) is 3.49. The van der Waals surface area contributed by atoms with Crippen LogP contribution in [0.3, 0.4) is 0 Å². The number of anilines is 2. The molecule has 0 unspecified atom stereocenters. The lowest BCUT2D eigenvalue weighted by molar-refractivity contribution is 1.11. The molecule has 0 spiro atoms. The van der Waals surface area contributed by atoms with Crippen LogP contribution < -0.4 is 10.6 Å². The molecule has 5 heteroatoms. The number of hydrogen-bond acceptors (Lipinski definition) is 3. The van der Waals surface area contributed by atoms with Crippen LogP contribution in [0.25, 0.3) is 0 Å². The molecule has 2 N–H and O–H groups in total. The predicted molar refractivity (Wildman–Crippen MR) is 73.1 cm³/mol. The molecule has 0 atom stereocenters. The van der Waals surface area contributed by atoms with Gasteiger partial charge in [0.2, 0.25) is 5.95 Å². The summed E-state index contributed by atoms with van der Waals surface area (Å²) in [6.45, 7) is 1.90. The fraction of sp³-hybridized carbons (Fsp3) is 0.0833. The summed E-state index contributed by atoms with van der Waals surface area (Å²) in [5.41, 5.74) is 1.82. The lowest BCUT2D eigenvalue weighted by Gasteiger charge is -2.08. The van der Waals surface area contributed by atoms with Crippen LogP contribution in [0.2, 0.25) is 0 Å². The van der Waals surface area contributed by atoms with E-state index in [1.54, 1.807) is 6.20 Å². The molecule has 17 heavy (non-hydrogen) atoms. The Labute approximate surface area is 105 Å². The van der Waals surface area contributed by atoms with Crippen LogP contribution in [0.5, 0.6) is 0 Å². The van der Waals surface area contributed by atoms with Gasteiger partial charge in [0.1, 0.15) is 0 Å². The lowest BCUT2D eigenvalue weighted by Crippen LogP contribution is -2.20. The van der Waals surface area contributed by atoms with E-state index in [-0.39, 0.29) is 0 Å². The van der Waals surface area contributed by atoms with Gasteiger partial charge in [0.15, 0.2) is 5.11 Å². The minimum absolute atomic E-state index is 0.474. The van der Waals surface area contributed by atoms with Crippen LogP contribution in [0.1, 0.15) is 5.69 Å². The average molecular weight is 244 g/mol. The van der Waals surface area contributed by atoms with Crippen molar-refractivity contribution in [1.29, 1.82) is 0 Å². The average Bonchev–Trinajstić information content (AvgIpc) is 2.30. The Balaban J connectivity index is 1.98. The molecule has 0 saturated carbocycles. The minimum Gasteiger partial charge on any atom is -0.332 e. The van der Waals surface area contributed by atoms with E-state index in [1.807, 2.05) is 43.3 Å². The number of para-hydroxylation sites is 1. The number of aromatic nitrogens is 2. The minimum atomic E-state index is 0.474. The van der Waals surface area contributed by atoms with E-state index in [9.17, 15) is 0 Å². The van der Waals surface area contributed by atoms with E-state index in [0.29, 0.717) is 11.1 Å². The Bertz CT molecular complexity index is 513. The Morgan fingerprint density at radius 2 is 1.88 bits per heavy atom. The largest absolute Gasteiger partial charge is 0.332 e. The summed E-state index contributed by atoms with van der Waals surface area (Å²) in [6.07, 6.45) is 1.69. The van der Waals surface area contributed by atoms with E-state index in [1.165, 1.54) is 0 Å². The van der Waals surface area contributed by atoms with Crippen molar-refractivity contribution < 1.29 is 0 Å². The molecule has 1 aromatic heterocycles. The molecule has 0 bridgehead atoms. The van der Waals surface area contributed by atoms with Gasteiger partial charge >= 0.3 is 0 Å². The zero-order valence-corrected chi connectivity index (χ0v) is 10.2. The molecule has 1 aromatic carbocycles. The lowest BCUT2D eigenvalue weighted by atomic mass is 10.3.